The van der Waals surface area contributed by atoms with Gasteiger partial charge < -0.3 is 48.7 Å². The Morgan fingerprint density at radius 2 is 1.05 bits per heavy atom. The zero-order valence-corrected chi connectivity index (χ0v) is 59.0. The standard InChI is InChI=1S/C78H94N4O12S/c1-17-81-43-60(65(86)59-26-25-45(2)79-69(59)81)72(88)92-29-21-27-90-66-50-31-46-35-54(74(3,4)5)37-48(63(46)84)33-52-41-57(77(12,13)14)42-53(34-49-38-55(75(6,7)8)36-47(64(49)85)32-51(66)40-56(39-50)76(9,10)11)67(52)91-28-22-30-93-73(89)68-78(15,16)95-71-62(70(87)82(68)71)80-61(83)44-94-58-23-19-18-20-24-58/h18-20,23-26,35-43,62,68,71,84-85H,17,21-22,27-34,44H2,1-16H3,(H,80,83)/t62-,68+,71?/m1/s1. The van der Waals surface area contributed by atoms with Gasteiger partial charge in [0.05, 0.1) is 31.8 Å². The van der Waals surface area contributed by atoms with Crippen LogP contribution in [0.4, 0.5) is 0 Å². The third-order valence-corrected chi connectivity index (χ3v) is 19.8. The van der Waals surface area contributed by atoms with Crippen molar-refractivity contribution in [3.63, 3.8) is 0 Å². The number of phenols is 2. The summed E-state index contributed by atoms with van der Waals surface area (Å²) in [5.74, 6) is -0.0168. The number of fused-ring (bicyclic) bond motifs is 10. The summed E-state index contributed by atoms with van der Waals surface area (Å²) < 4.78 is 32.4. The molecule has 10 rings (SSSR count). The lowest BCUT2D eigenvalue weighted by atomic mass is 9.79. The molecule has 2 saturated heterocycles. The van der Waals surface area contributed by atoms with Crippen LogP contribution in [-0.2, 0) is 77.7 Å². The maximum Gasteiger partial charge on any atom is 0.343 e. The summed E-state index contributed by atoms with van der Waals surface area (Å²) in [6.07, 6.45) is 3.25. The van der Waals surface area contributed by atoms with Gasteiger partial charge in [0.2, 0.25) is 11.3 Å². The number of carbonyl (C=O) groups is 4. The Bertz CT molecular complexity index is 4050. The molecule has 3 atom stereocenters. The molecule has 0 spiro atoms. The number of amides is 2. The number of pyridine rings is 2. The van der Waals surface area contributed by atoms with Crippen molar-refractivity contribution in [2.24, 2.45) is 0 Å². The highest BCUT2D eigenvalue weighted by atomic mass is 32.2. The van der Waals surface area contributed by atoms with Crippen LogP contribution in [0.3, 0.4) is 0 Å². The van der Waals surface area contributed by atoms with Crippen molar-refractivity contribution in [1.29, 1.82) is 0 Å². The molecule has 4 heterocycles. The molecule has 16 nitrogen and oxygen atoms in total. The van der Waals surface area contributed by atoms with E-state index in [1.807, 2.05) is 45.9 Å². The third kappa shape index (κ3) is 15.2. The van der Waals surface area contributed by atoms with Crippen LogP contribution < -0.4 is 25.0 Å². The van der Waals surface area contributed by atoms with Crippen LogP contribution in [0.25, 0.3) is 11.0 Å². The van der Waals surface area contributed by atoms with Gasteiger partial charge in [0.15, 0.2) is 6.61 Å². The number of hydrogen-bond donors (Lipinski definition) is 3. The molecule has 0 radical (unpaired) electrons. The van der Waals surface area contributed by atoms with Crippen molar-refractivity contribution < 1.29 is 53.1 Å². The fourth-order valence-electron chi connectivity index (χ4n) is 12.7. The highest BCUT2D eigenvalue weighted by Crippen LogP contribution is 2.51. The van der Waals surface area contributed by atoms with Crippen molar-refractivity contribution in [3.8, 4) is 28.7 Å². The minimum Gasteiger partial charge on any atom is -0.507 e. The molecule has 504 valence electrons. The van der Waals surface area contributed by atoms with Crippen LogP contribution in [0, 0.1) is 6.92 Å². The van der Waals surface area contributed by atoms with Crippen molar-refractivity contribution in [2.75, 3.05) is 33.0 Å². The number of ether oxygens (including phenoxy) is 5. The number of nitrogens with zero attached hydrogens (tertiary/aromatic N) is 3. The first-order chi connectivity index (χ1) is 44.6. The molecule has 3 aliphatic rings. The zero-order chi connectivity index (χ0) is 68.9. The number of thioether (sulfide) groups is 1. The van der Waals surface area contributed by atoms with E-state index in [4.69, 9.17) is 23.7 Å². The molecule has 7 aromatic rings. The van der Waals surface area contributed by atoms with E-state index in [0.717, 1.165) is 50.2 Å². The number of rotatable bonds is 17. The molecular formula is C78H94N4O12S. The summed E-state index contributed by atoms with van der Waals surface area (Å²) >= 11 is 1.45. The van der Waals surface area contributed by atoms with E-state index in [2.05, 4.69) is 142 Å². The molecule has 1 unspecified atom stereocenters. The summed E-state index contributed by atoms with van der Waals surface area (Å²) in [6, 6.07) is 27.7. The van der Waals surface area contributed by atoms with Crippen LogP contribution in [0.1, 0.15) is 200 Å². The van der Waals surface area contributed by atoms with Gasteiger partial charge in [-0.05, 0) is 140 Å². The van der Waals surface area contributed by atoms with Gasteiger partial charge in [0, 0.05) is 61.7 Å². The second-order valence-corrected chi connectivity index (χ2v) is 32.1. The number of carbonyl (C=O) groups excluding carboxylic acids is 4. The maximum atomic E-state index is 14.1. The molecule has 1 aliphatic carbocycles. The number of para-hydroxylation sites is 1. The van der Waals surface area contributed by atoms with E-state index < -0.39 is 45.5 Å². The number of hydrogen-bond acceptors (Lipinski definition) is 14. The molecule has 95 heavy (non-hydrogen) atoms. The molecular weight excluding hydrogens is 1220 g/mol. The van der Waals surface area contributed by atoms with Gasteiger partial charge in [-0.15, -0.1) is 11.8 Å². The van der Waals surface area contributed by atoms with Gasteiger partial charge in [0.25, 0.3) is 5.91 Å². The first kappa shape index (κ1) is 69.5. The highest BCUT2D eigenvalue weighted by Gasteiger charge is 2.64. The zero-order valence-electron chi connectivity index (χ0n) is 58.2. The molecule has 3 N–H and O–H groups in total. The lowest BCUT2D eigenvalue weighted by Gasteiger charge is -2.43. The number of β-lactam (4-membered cyclic amide) rings is 1. The van der Waals surface area contributed by atoms with Crippen LogP contribution in [-0.4, -0.2) is 104 Å². The summed E-state index contributed by atoms with van der Waals surface area (Å²) in [4.78, 5) is 74.2. The smallest absolute Gasteiger partial charge is 0.343 e. The van der Waals surface area contributed by atoms with Crippen LogP contribution >= 0.6 is 11.8 Å². The number of nitrogens with one attached hydrogen (secondary N) is 1. The average Bonchev–Trinajstić information content (AvgIpc) is 1.57. The minimum absolute atomic E-state index is 0.00282. The highest BCUT2D eigenvalue weighted by molar-refractivity contribution is 8.01. The van der Waals surface area contributed by atoms with E-state index >= 15 is 0 Å². The molecule has 8 bridgehead atoms. The predicted octanol–water partition coefficient (Wildman–Crippen LogP) is 13.6. The van der Waals surface area contributed by atoms with Crippen molar-refractivity contribution >= 4 is 46.5 Å². The Morgan fingerprint density at radius 3 is 1.49 bits per heavy atom. The van der Waals surface area contributed by atoms with E-state index in [-0.39, 0.29) is 103 Å². The van der Waals surface area contributed by atoms with Crippen LogP contribution in [0.5, 0.6) is 28.7 Å². The Morgan fingerprint density at radius 1 is 0.611 bits per heavy atom. The van der Waals surface area contributed by atoms with Gasteiger partial charge in [-0.1, -0.05) is 150 Å². The molecule has 2 fully saturated rings. The number of aromatic hydroxyl groups is 2. The number of phenolic OH excluding ortho intramolecular Hbond substituents is 2. The van der Waals surface area contributed by atoms with Gasteiger partial charge in [0.1, 0.15) is 57.4 Å². The predicted molar refractivity (Wildman–Crippen MR) is 373 cm³/mol. The quantitative estimate of drug-likeness (QED) is 0.0441. The molecule has 0 saturated carbocycles. The fraction of sp³-hybridized carbons (Fsp3) is 0.462. The third-order valence-electron chi connectivity index (χ3n) is 18.3. The minimum atomic E-state index is -0.882. The summed E-state index contributed by atoms with van der Waals surface area (Å²) in [5.41, 5.74) is 9.72. The van der Waals surface area contributed by atoms with Gasteiger partial charge in [-0.2, -0.15) is 0 Å². The van der Waals surface area contributed by atoms with Crippen molar-refractivity contribution in [2.45, 2.75) is 200 Å². The second-order valence-electron chi connectivity index (χ2n) is 30.3. The van der Waals surface area contributed by atoms with E-state index in [9.17, 15) is 34.2 Å². The lowest BCUT2D eigenvalue weighted by Crippen LogP contribution is -2.71. The van der Waals surface area contributed by atoms with Crippen molar-refractivity contribution in [3.05, 3.63) is 185 Å². The second kappa shape index (κ2) is 27.1. The van der Waals surface area contributed by atoms with Gasteiger partial charge >= 0.3 is 11.9 Å². The molecule has 5 aromatic carbocycles. The monoisotopic (exact) mass is 1310 g/mol. The van der Waals surface area contributed by atoms with Crippen LogP contribution in [0.15, 0.2) is 102 Å². The molecule has 2 aliphatic heterocycles. The lowest BCUT2D eigenvalue weighted by molar-refractivity contribution is -0.164. The topological polar surface area (TPSA) is 205 Å². The average molecular weight is 1310 g/mol. The van der Waals surface area contributed by atoms with Crippen molar-refractivity contribution in [1.82, 2.24) is 19.8 Å². The van der Waals surface area contributed by atoms with E-state index in [1.54, 1.807) is 28.8 Å². The maximum absolute atomic E-state index is 14.1. The van der Waals surface area contributed by atoms with E-state index in [1.165, 1.54) is 22.9 Å². The summed E-state index contributed by atoms with van der Waals surface area (Å²) in [7, 11) is 0. The normalized spacial score (nSPS) is 17.0. The first-order valence-corrected chi connectivity index (χ1v) is 34.1. The largest absolute Gasteiger partial charge is 0.507 e. The number of benzene rings is 5. The van der Waals surface area contributed by atoms with Gasteiger partial charge in [-0.25, -0.2) is 14.6 Å². The summed E-state index contributed by atoms with van der Waals surface area (Å²) in [6.45, 7) is 34.1. The summed E-state index contributed by atoms with van der Waals surface area (Å²) in [5, 5.41) is 28.5. The first-order valence-electron chi connectivity index (χ1n) is 33.2. The Kier molecular flexibility index (Phi) is 19.8. The molecule has 2 aromatic heterocycles. The number of aryl methyl sites for hydroxylation is 2. The number of aromatic nitrogens is 2. The van der Waals surface area contributed by atoms with Crippen LogP contribution in [0.2, 0.25) is 0 Å². The Balaban J connectivity index is 0.965. The molecule has 2 amide bonds. The Hall–Kier alpha value is -8.31. The van der Waals surface area contributed by atoms with E-state index in [0.29, 0.717) is 69.9 Å². The SMILES string of the molecule is CCn1cc(C(=O)OCCCOc2c3cc(C(C)(C)C)cc2Cc2cc(C(C)(C)C)cc(c2O)Cc2cc(C(C)(C)C)cc(c2OCCCOC(=O)[C@@H]2N4C(=O)[C@@H](NC(=O)COc5ccccc5)C4SC2(C)C)Cc2cc(C(C)(C)C)cc(c2O)C3)c(=O)c2ccc(C)nc21. The number of esters is 2. The fourth-order valence-corrected chi connectivity index (χ4v) is 14.4. The Labute approximate surface area is 563 Å². The molecule has 17 heteroatoms. The van der Waals surface area contributed by atoms with Gasteiger partial charge in [-0.3, -0.25) is 14.4 Å².